The van der Waals surface area contributed by atoms with Crippen LogP contribution < -0.4 is 0 Å². The van der Waals surface area contributed by atoms with E-state index < -0.39 is 5.97 Å². The van der Waals surface area contributed by atoms with Crippen LogP contribution in [0.4, 0.5) is 0 Å². The second-order valence-electron chi connectivity index (χ2n) is 2.73. The van der Waals surface area contributed by atoms with Crippen LogP contribution in [0, 0.1) is 0 Å². The molecule has 0 aliphatic heterocycles. The number of thioether (sulfide) groups is 1. The molecule has 0 radical (unpaired) electrons. The SMILES string of the molecule is C[CH]([Hg])Sc1ccccc1C(=O)O. The van der Waals surface area contributed by atoms with Crippen LogP contribution in [0.3, 0.4) is 0 Å². The Hall–Kier alpha value is -0.0249. The van der Waals surface area contributed by atoms with Crippen LogP contribution >= 0.6 is 11.8 Å². The molecule has 0 aromatic heterocycles. The number of rotatable bonds is 3. The minimum absolute atomic E-state index is 0.421. The summed E-state index contributed by atoms with van der Waals surface area (Å²) in [6.07, 6.45) is 0. The van der Waals surface area contributed by atoms with Gasteiger partial charge in [0, 0.05) is 0 Å². The Bertz CT molecular complexity index is 312. The summed E-state index contributed by atoms with van der Waals surface area (Å²) in [5, 5.41) is 8.88. The molecule has 2 nitrogen and oxygen atoms in total. The maximum atomic E-state index is 10.8. The van der Waals surface area contributed by atoms with E-state index in [1.807, 2.05) is 12.1 Å². The predicted octanol–water partition coefficient (Wildman–Crippen LogP) is 2.37. The third-order valence-electron chi connectivity index (χ3n) is 1.45. The van der Waals surface area contributed by atoms with E-state index in [4.69, 9.17) is 5.11 Å². The van der Waals surface area contributed by atoms with Crippen molar-refractivity contribution >= 4 is 17.7 Å². The van der Waals surface area contributed by atoms with E-state index in [1.165, 1.54) is 0 Å². The molecule has 0 aliphatic carbocycles. The van der Waals surface area contributed by atoms with Crippen LogP contribution in [-0.4, -0.2) is 13.8 Å². The summed E-state index contributed by atoms with van der Waals surface area (Å²) < 4.78 is 0.598. The molecule has 0 saturated carbocycles. The van der Waals surface area contributed by atoms with Crippen LogP contribution in [0.15, 0.2) is 29.2 Å². The zero-order valence-corrected chi connectivity index (χ0v) is 13.7. The van der Waals surface area contributed by atoms with Gasteiger partial charge in [-0.2, -0.15) is 0 Å². The van der Waals surface area contributed by atoms with Gasteiger partial charge in [0.15, 0.2) is 0 Å². The first-order valence-corrected chi connectivity index (χ1v) is 7.98. The topological polar surface area (TPSA) is 37.3 Å². The van der Waals surface area contributed by atoms with Crippen LogP contribution in [0.1, 0.15) is 17.3 Å². The van der Waals surface area contributed by atoms with Gasteiger partial charge in [-0.15, -0.1) is 0 Å². The molecule has 0 saturated heterocycles. The standard InChI is InChI=1S/C9H9O2S.Hg/c1-2-12-8-6-4-3-5-7(8)9(10)11;/h2-6H,1H3,(H,10,11);. The van der Waals surface area contributed by atoms with Crippen molar-refractivity contribution in [1.29, 1.82) is 0 Å². The van der Waals surface area contributed by atoms with Crippen molar-refractivity contribution < 1.29 is 36.0 Å². The number of carboxylic acids is 1. The van der Waals surface area contributed by atoms with Crippen molar-refractivity contribution in [1.82, 2.24) is 0 Å². The Morgan fingerprint density at radius 3 is 2.69 bits per heavy atom. The first-order valence-electron chi connectivity index (χ1n) is 3.93. The molecule has 0 spiro atoms. The summed E-state index contributed by atoms with van der Waals surface area (Å²) in [4.78, 5) is 11.7. The van der Waals surface area contributed by atoms with Crippen molar-refractivity contribution in [2.75, 3.05) is 0 Å². The van der Waals surface area contributed by atoms with E-state index >= 15 is 0 Å². The van der Waals surface area contributed by atoms with Gasteiger partial charge in [0.2, 0.25) is 0 Å². The minimum atomic E-state index is -0.836. The molecule has 65 valence electrons. The molecular weight excluding hydrogens is 373 g/mol. The van der Waals surface area contributed by atoms with Gasteiger partial charge < -0.3 is 0 Å². The van der Waals surface area contributed by atoms with E-state index in [9.17, 15) is 4.79 Å². The number of aromatic carboxylic acids is 1. The molecule has 1 rings (SSSR count). The molecule has 1 unspecified atom stereocenters. The van der Waals surface area contributed by atoms with E-state index in [0.717, 1.165) is 4.90 Å². The number of carboxylic acid groups (broad SMARTS) is 1. The van der Waals surface area contributed by atoms with Crippen molar-refractivity contribution in [3.8, 4) is 0 Å². The number of hydrogen-bond donors (Lipinski definition) is 1. The summed E-state index contributed by atoms with van der Waals surface area (Å²) in [7, 11) is 0. The fourth-order valence-corrected chi connectivity index (χ4v) is 3.93. The fraction of sp³-hybridized carbons (Fsp3) is 0.222. The molecule has 1 atom stereocenters. The average Bonchev–Trinajstić information content (AvgIpc) is 2.03. The fourth-order valence-electron chi connectivity index (χ4n) is 0.963. The number of benzene rings is 1. The Morgan fingerprint density at radius 2 is 2.15 bits per heavy atom. The van der Waals surface area contributed by atoms with Crippen LogP contribution in [0.2, 0.25) is 0 Å². The first kappa shape index (κ1) is 11.1. The molecule has 0 heterocycles. The van der Waals surface area contributed by atoms with Gasteiger partial charge in [-0.25, -0.2) is 0 Å². The summed E-state index contributed by atoms with van der Waals surface area (Å²) in [6.45, 7) is 2.13. The summed E-state index contributed by atoms with van der Waals surface area (Å²) in [6, 6.07) is 7.17. The second-order valence-corrected chi connectivity index (χ2v) is 11.3. The van der Waals surface area contributed by atoms with Crippen molar-refractivity contribution in [3.63, 3.8) is 0 Å². The Kier molecular flexibility index (Phi) is 4.26. The van der Waals surface area contributed by atoms with E-state index in [1.54, 1.807) is 23.9 Å². The van der Waals surface area contributed by atoms with Crippen LogP contribution in [-0.2, 0) is 26.1 Å². The van der Waals surface area contributed by atoms with Crippen molar-refractivity contribution in [2.45, 2.75) is 14.6 Å². The zero-order valence-electron chi connectivity index (χ0n) is 7.36. The second kappa shape index (κ2) is 5.01. The van der Waals surface area contributed by atoms with Crippen LogP contribution in [0.5, 0.6) is 0 Å². The summed E-state index contributed by atoms with van der Waals surface area (Å²) >= 11 is 2.34. The van der Waals surface area contributed by atoms with Gasteiger partial charge >= 0.3 is 98.2 Å². The van der Waals surface area contributed by atoms with E-state index in [0.29, 0.717) is 34.4 Å². The maximum absolute atomic E-state index is 10.8. The quantitative estimate of drug-likeness (QED) is 0.645. The molecule has 4 heteroatoms. The van der Waals surface area contributed by atoms with Gasteiger partial charge in [-0.05, 0) is 0 Å². The third-order valence-corrected chi connectivity index (χ3v) is 4.40. The van der Waals surface area contributed by atoms with Crippen molar-refractivity contribution in [2.24, 2.45) is 0 Å². The van der Waals surface area contributed by atoms with E-state index in [2.05, 4.69) is 6.92 Å². The summed E-state index contributed by atoms with van der Waals surface area (Å²) in [5.41, 5.74) is 0.421. The zero-order chi connectivity index (χ0) is 9.84. The summed E-state index contributed by atoms with van der Waals surface area (Å²) in [5.74, 6) is -0.836. The molecule has 0 aliphatic rings. The Labute approximate surface area is 97.7 Å². The molecule has 1 aromatic rings. The normalized spacial score (nSPS) is 12.5. The number of hydrogen-bond acceptors (Lipinski definition) is 2. The van der Waals surface area contributed by atoms with Gasteiger partial charge in [0.05, 0.1) is 0 Å². The molecule has 0 bridgehead atoms. The van der Waals surface area contributed by atoms with Gasteiger partial charge in [0.1, 0.15) is 0 Å². The number of carbonyl (C=O) groups is 1. The monoisotopic (exact) mass is 383 g/mol. The van der Waals surface area contributed by atoms with E-state index in [-0.39, 0.29) is 0 Å². The molecule has 1 aromatic carbocycles. The molecule has 0 fully saturated rings. The Balaban J connectivity index is 2.98. The first-order chi connectivity index (χ1) is 6.11. The van der Waals surface area contributed by atoms with Gasteiger partial charge in [-0.3, -0.25) is 0 Å². The molecule has 13 heavy (non-hydrogen) atoms. The molecule has 0 amide bonds. The van der Waals surface area contributed by atoms with Crippen LogP contribution in [0.25, 0.3) is 0 Å². The third kappa shape index (κ3) is 3.31. The average molecular weight is 382 g/mol. The predicted molar refractivity (Wildman–Crippen MR) is 48.7 cm³/mol. The molecular formula is C9H9HgO2S. The Morgan fingerprint density at radius 1 is 1.54 bits per heavy atom. The van der Waals surface area contributed by atoms with Gasteiger partial charge in [0.25, 0.3) is 0 Å². The van der Waals surface area contributed by atoms with Gasteiger partial charge in [-0.1, -0.05) is 0 Å². The van der Waals surface area contributed by atoms with Crippen molar-refractivity contribution in [3.05, 3.63) is 29.8 Å². The molecule has 1 N–H and O–H groups in total.